The van der Waals surface area contributed by atoms with Crippen LogP contribution in [-0.2, 0) is 17.8 Å². The number of methoxy groups -OCH3 is 1. The second-order valence-electron chi connectivity index (χ2n) is 5.39. The van der Waals surface area contributed by atoms with Crippen LogP contribution in [0.5, 0.6) is 11.5 Å². The van der Waals surface area contributed by atoms with Gasteiger partial charge in [0, 0.05) is 18.7 Å². The van der Waals surface area contributed by atoms with Gasteiger partial charge in [0.15, 0.2) is 11.5 Å². The molecular formula is C19H25ClN2O3. The van der Waals surface area contributed by atoms with Crippen molar-refractivity contribution >= 4 is 24.0 Å². The smallest absolute Gasteiger partial charge is 0.220 e. The molecule has 3 N–H and O–H groups in total. The van der Waals surface area contributed by atoms with Crippen LogP contribution >= 0.6 is 12.4 Å². The summed E-state index contributed by atoms with van der Waals surface area (Å²) in [5.41, 5.74) is 8.57. The number of nitrogen functional groups attached to an aromatic ring is 1. The number of halogens is 1. The van der Waals surface area contributed by atoms with Gasteiger partial charge in [-0.25, -0.2) is 0 Å². The molecule has 0 saturated heterocycles. The molecule has 0 radical (unpaired) electrons. The number of hydrogen-bond acceptors (Lipinski definition) is 4. The summed E-state index contributed by atoms with van der Waals surface area (Å²) in [5.74, 6) is 1.36. The molecule has 6 heteroatoms. The summed E-state index contributed by atoms with van der Waals surface area (Å²) in [4.78, 5) is 12.0. The topological polar surface area (TPSA) is 73.6 Å². The van der Waals surface area contributed by atoms with Crippen LogP contribution in [0.25, 0.3) is 0 Å². The molecule has 2 aromatic carbocycles. The molecule has 136 valence electrons. The number of rotatable bonds is 8. The van der Waals surface area contributed by atoms with E-state index in [0.717, 1.165) is 16.8 Å². The van der Waals surface area contributed by atoms with Gasteiger partial charge >= 0.3 is 0 Å². The predicted octanol–water partition coefficient (Wildman–Crippen LogP) is 3.35. The number of nitrogens with one attached hydrogen (secondary N) is 1. The van der Waals surface area contributed by atoms with E-state index in [1.165, 1.54) is 0 Å². The lowest BCUT2D eigenvalue weighted by molar-refractivity contribution is -0.121. The van der Waals surface area contributed by atoms with Crippen molar-refractivity contribution in [3.8, 4) is 11.5 Å². The minimum absolute atomic E-state index is 0. The number of benzene rings is 2. The van der Waals surface area contributed by atoms with Crippen molar-refractivity contribution < 1.29 is 14.3 Å². The molecule has 1 amide bonds. The highest BCUT2D eigenvalue weighted by atomic mass is 35.5. The molecule has 0 aliphatic rings. The quantitative estimate of drug-likeness (QED) is 0.704. The summed E-state index contributed by atoms with van der Waals surface area (Å²) in [5, 5.41) is 2.92. The molecule has 5 nitrogen and oxygen atoms in total. The molecule has 0 unspecified atom stereocenters. The Hall–Kier alpha value is -2.40. The van der Waals surface area contributed by atoms with Gasteiger partial charge in [-0.2, -0.15) is 0 Å². The average Bonchev–Trinajstić information content (AvgIpc) is 2.60. The first-order valence-corrected chi connectivity index (χ1v) is 8.03. The van der Waals surface area contributed by atoms with Gasteiger partial charge < -0.3 is 20.5 Å². The summed E-state index contributed by atoms with van der Waals surface area (Å²) in [6, 6.07) is 13.3. The van der Waals surface area contributed by atoms with Gasteiger partial charge in [-0.15, -0.1) is 12.4 Å². The largest absolute Gasteiger partial charge is 0.493 e. The van der Waals surface area contributed by atoms with Gasteiger partial charge in [-0.1, -0.05) is 24.3 Å². The maximum absolute atomic E-state index is 12.0. The van der Waals surface area contributed by atoms with Crippen LogP contribution in [-0.4, -0.2) is 19.6 Å². The molecule has 0 bridgehead atoms. The monoisotopic (exact) mass is 364 g/mol. The highest BCUT2D eigenvalue weighted by molar-refractivity contribution is 5.85. The van der Waals surface area contributed by atoms with Gasteiger partial charge in [-0.05, 0) is 42.7 Å². The molecule has 0 aliphatic heterocycles. The van der Waals surface area contributed by atoms with Crippen LogP contribution < -0.4 is 20.5 Å². The number of carbonyl (C=O) groups is 1. The normalized spacial score (nSPS) is 9.84. The van der Waals surface area contributed by atoms with Crippen molar-refractivity contribution in [2.45, 2.75) is 26.3 Å². The van der Waals surface area contributed by atoms with E-state index >= 15 is 0 Å². The SMILES string of the molecule is CCOc1ccc(CNC(=O)CCc2ccccc2N)cc1OC.Cl. The molecule has 0 atom stereocenters. The predicted molar refractivity (Wildman–Crippen MR) is 102 cm³/mol. The number of nitrogens with two attached hydrogens (primary N) is 1. The molecule has 0 heterocycles. The Kier molecular flexibility index (Phi) is 8.64. The zero-order valence-electron chi connectivity index (χ0n) is 14.6. The summed E-state index contributed by atoms with van der Waals surface area (Å²) < 4.78 is 10.8. The number of ether oxygens (including phenoxy) is 2. The number of anilines is 1. The van der Waals surface area contributed by atoms with Crippen LogP contribution in [0.2, 0.25) is 0 Å². The maximum atomic E-state index is 12.0. The highest BCUT2D eigenvalue weighted by Gasteiger charge is 2.07. The summed E-state index contributed by atoms with van der Waals surface area (Å²) >= 11 is 0. The first kappa shape index (κ1) is 20.6. The van der Waals surface area contributed by atoms with Gasteiger partial charge in [-0.3, -0.25) is 4.79 Å². The Bertz CT molecular complexity index is 692. The molecule has 2 aromatic rings. The Morgan fingerprint density at radius 1 is 1.16 bits per heavy atom. The van der Waals surface area contributed by atoms with Crippen molar-refractivity contribution in [2.75, 3.05) is 19.5 Å². The van der Waals surface area contributed by atoms with Gasteiger partial charge in [0.1, 0.15) is 0 Å². The molecule has 2 rings (SSSR count). The van der Waals surface area contributed by atoms with Crippen LogP contribution in [0, 0.1) is 0 Å². The fourth-order valence-corrected chi connectivity index (χ4v) is 2.40. The van der Waals surface area contributed by atoms with Crippen molar-refractivity contribution in [3.05, 3.63) is 53.6 Å². The van der Waals surface area contributed by atoms with Crippen LogP contribution in [0.4, 0.5) is 5.69 Å². The van der Waals surface area contributed by atoms with E-state index in [1.807, 2.05) is 49.4 Å². The van der Waals surface area contributed by atoms with Gasteiger partial charge in [0.05, 0.1) is 13.7 Å². The molecule has 25 heavy (non-hydrogen) atoms. The third-order valence-electron chi connectivity index (χ3n) is 3.69. The first-order chi connectivity index (χ1) is 11.6. The minimum atomic E-state index is -0.00824. The van der Waals surface area contributed by atoms with E-state index in [9.17, 15) is 4.79 Å². The van der Waals surface area contributed by atoms with E-state index in [2.05, 4.69) is 5.32 Å². The number of para-hydroxylation sites is 1. The molecular weight excluding hydrogens is 340 g/mol. The molecule has 0 aliphatic carbocycles. The van der Waals surface area contributed by atoms with E-state index in [1.54, 1.807) is 7.11 Å². The zero-order valence-corrected chi connectivity index (χ0v) is 15.4. The average molecular weight is 365 g/mol. The second kappa shape index (κ2) is 10.5. The lowest BCUT2D eigenvalue weighted by atomic mass is 10.1. The van der Waals surface area contributed by atoms with Crippen LogP contribution in [0.15, 0.2) is 42.5 Å². The van der Waals surface area contributed by atoms with Crippen molar-refractivity contribution in [3.63, 3.8) is 0 Å². The molecule has 0 spiro atoms. The van der Waals surface area contributed by atoms with Crippen LogP contribution in [0.3, 0.4) is 0 Å². The number of amides is 1. The number of carbonyl (C=O) groups excluding carboxylic acids is 1. The molecule has 0 saturated carbocycles. The van der Waals surface area contributed by atoms with Crippen molar-refractivity contribution in [2.24, 2.45) is 0 Å². The Morgan fingerprint density at radius 3 is 2.60 bits per heavy atom. The standard InChI is InChI=1S/C19H24N2O3.ClH/c1-3-24-17-10-8-14(12-18(17)23-2)13-21-19(22)11-9-15-6-4-5-7-16(15)20;/h4-8,10,12H,3,9,11,13,20H2,1-2H3,(H,21,22);1H. The third-order valence-corrected chi connectivity index (χ3v) is 3.69. The van der Waals surface area contributed by atoms with E-state index in [-0.39, 0.29) is 18.3 Å². The lowest BCUT2D eigenvalue weighted by Crippen LogP contribution is -2.23. The number of aryl methyl sites for hydroxylation is 1. The van der Waals surface area contributed by atoms with E-state index in [0.29, 0.717) is 37.5 Å². The van der Waals surface area contributed by atoms with Crippen molar-refractivity contribution in [1.29, 1.82) is 0 Å². The highest BCUT2D eigenvalue weighted by Crippen LogP contribution is 2.27. The fourth-order valence-electron chi connectivity index (χ4n) is 2.40. The molecule has 0 aromatic heterocycles. The van der Waals surface area contributed by atoms with Crippen LogP contribution in [0.1, 0.15) is 24.5 Å². The van der Waals surface area contributed by atoms with Gasteiger partial charge in [0.25, 0.3) is 0 Å². The van der Waals surface area contributed by atoms with Gasteiger partial charge in [0.2, 0.25) is 5.91 Å². The fraction of sp³-hybridized carbons (Fsp3) is 0.316. The Labute approximate surface area is 154 Å². The van der Waals surface area contributed by atoms with Crippen molar-refractivity contribution in [1.82, 2.24) is 5.32 Å². The summed E-state index contributed by atoms with van der Waals surface area (Å²) in [6.07, 6.45) is 1.04. The third kappa shape index (κ3) is 6.19. The summed E-state index contributed by atoms with van der Waals surface area (Å²) in [6.45, 7) is 2.95. The minimum Gasteiger partial charge on any atom is -0.493 e. The van der Waals surface area contributed by atoms with E-state index < -0.39 is 0 Å². The van der Waals surface area contributed by atoms with E-state index in [4.69, 9.17) is 15.2 Å². The zero-order chi connectivity index (χ0) is 17.4. The Balaban J connectivity index is 0.00000312. The maximum Gasteiger partial charge on any atom is 0.220 e. The summed E-state index contributed by atoms with van der Waals surface area (Å²) in [7, 11) is 1.60. The number of hydrogen-bond donors (Lipinski definition) is 2. The Morgan fingerprint density at radius 2 is 1.92 bits per heavy atom. The second-order valence-corrected chi connectivity index (χ2v) is 5.39. The lowest BCUT2D eigenvalue weighted by Gasteiger charge is -2.11. The first-order valence-electron chi connectivity index (χ1n) is 8.03. The molecule has 0 fully saturated rings.